The maximum Gasteiger partial charge on any atom is 0.328 e. The van der Waals surface area contributed by atoms with Crippen LogP contribution in [0.4, 0.5) is 0 Å². The second-order valence-corrected chi connectivity index (χ2v) is 5.37. The lowest BCUT2D eigenvalue weighted by Gasteiger charge is -2.00. The van der Waals surface area contributed by atoms with E-state index < -0.39 is 5.97 Å². The van der Waals surface area contributed by atoms with Crippen LogP contribution in [0.1, 0.15) is 5.69 Å². The maximum absolute atomic E-state index is 10.8. The molecule has 21 heavy (non-hydrogen) atoms. The number of carbonyl (C=O) groups is 1. The maximum atomic E-state index is 10.8. The number of hydrogen-bond donors (Lipinski definition) is 1. The van der Waals surface area contributed by atoms with Crippen molar-refractivity contribution in [3.63, 3.8) is 0 Å². The smallest absolute Gasteiger partial charge is 0.328 e. The number of aliphatic carboxylic acids is 1. The number of halogens is 1. The molecule has 3 rings (SSSR count). The molecule has 0 bridgehead atoms. The zero-order valence-corrected chi connectivity index (χ0v) is 12.5. The SMILES string of the molecule is O=C(O)C=Cc1c(-c2ccccc2)nc2ccc(Br)cn12. The van der Waals surface area contributed by atoms with Crippen LogP contribution in [0.2, 0.25) is 0 Å². The summed E-state index contributed by atoms with van der Waals surface area (Å²) in [6.07, 6.45) is 4.56. The van der Waals surface area contributed by atoms with Gasteiger partial charge in [0, 0.05) is 22.3 Å². The molecule has 5 heteroatoms. The fourth-order valence-electron chi connectivity index (χ4n) is 2.15. The molecule has 0 saturated carbocycles. The Hall–Kier alpha value is -2.40. The first kappa shape index (κ1) is 13.6. The molecule has 0 radical (unpaired) electrons. The van der Waals surface area contributed by atoms with E-state index in [9.17, 15) is 4.79 Å². The summed E-state index contributed by atoms with van der Waals surface area (Å²) in [5, 5.41) is 8.87. The van der Waals surface area contributed by atoms with Crippen molar-refractivity contribution >= 4 is 33.6 Å². The van der Waals surface area contributed by atoms with Gasteiger partial charge >= 0.3 is 5.97 Å². The lowest BCUT2D eigenvalue weighted by atomic mass is 10.1. The zero-order valence-electron chi connectivity index (χ0n) is 10.9. The van der Waals surface area contributed by atoms with E-state index in [4.69, 9.17) is 5.11 Å². The molecule has 0 fully saturated rings. The van der Waals surface area contributed by atoms with Gasteiger partial charge in [0.2, 0.25) is 0 Å². The first-order valence-electron chi connectivity index (χ1n) is 6.29. The van der Waals surface area contributed by atoms with E-state index in [1.165, 1.54) is 0 Å². The van der Waals surface area contributed by atoms with Crippen LogP contribution >= 0.6 is 15.9 Å². The van der Waals surface area contributed by atoms with Gasteiger partial charge in [-0.15, -0.1) is 0 Å². The van der Waals surface area contributed by atoms with Crippen molar-refractivity contribution in [3.8, 4) is 11.3 Å². The predicted molar refractivity (Wildman–Crippen MR) is 85.0 cm³/mol. The molecular formula is C16H11BrN2O2. The van der Waals surface area contributed by atoms with Crippen LogP contribution in [0, 0.1) is 0 Å². The Morgan fingerprint density at radius 1 is 1.19 bits per heavy atom. The Labute approximate surface area is 129 Å². The van der Waals surface area contributed by atoms with Gasteiger partial charge in [0.05, 0.1) is 11.4 Å². The van der Waals surface area contributed by atoms with E-state index >= 15 is 0 Å². The largest absolute Gasteiger partial charge is 0.478 e. The van der Waals surface area contributed by atoms with Crippen LogP contribution in [0.25, 0.3) is 23.0 Å². The van der Waals surface area contributed by atoms with Gasteiger partial charge in [0.15, 0.2) is 0 Å². The van der Waals surface area contributed by atoms with Gasteiger partial charge in [-0.2, -0.15) is 0 Å². The summed E-state index contributed by atoms with van der Waals surface area (Å²) in [5.74, 6) is -0.987. The van der Waals surface area contributed by atoms with Crippen LogP contribution in [0.3, 0.4) is 0 Å². The lowest BCUT2D eigenvalue weighted by Crippen LogP contribution is -1.91. The molecule has 104 valence electrons. The summed E-state index contributed by atoms with van der Waals surface area (Å²) in [6, 6.07) is 13.5. The van der Waals surface area contributed by atoms with Crippen molar-refractivity contribution in [1.29, 1.82) is 0 Å². The number of pyridine rings is 1. The fraction of sp³-hybridized carbons (Fsp3) is 0. The van der Waals surface area contributed by atoms with Crippen molar-refractivity contribution in [3.05, 3.63) is 64.9 Å². The number of fused-ring (bicyclic) bond motifs is 1. The molecule has 0 unspecified atom stereocenters. The molecule has 4 nitrogen and oxygen atoms in total. The quantitative estimate of drug-likeness (QED) is 0.735. The average Bonchev–Trinajstić information content (AvgIpc) is 2.84. The van der Waals surface area contributed by atoms with Gasteiger partial charge in [-0.05, 0) is 34.1 Å². The van der Waals surface area contributed by atoms with Crippen molar-refractivity contribution in [2.45, 2.75) is 0 Å². The Bertz CT molecular complexity index is 838. The van der Waals surface area contributed by atoms with E-state index in [0.29, 0.717) is 0 Å². The summed E-state index contributed by atoms with van der Waals surface area (Å²) < 4.78 is 2.77. The van der Waals surface area contributed by atoms with Crippen LogP contribution in [-0.4, -0.2) is 20.5 Å². The molecule has 0 spiro atoms. The summed E-state index contributed by atoms with van der Waals surface area (Å²) in [6.45, 7) is 0. The number of carboxylic acids is 1. The third kappa shape index (κ3) is 2.73. The van der Waals surface area contributed by atoms with Gasteiger partial charge in [-0.25, -0.2) is 9.78 Å². The Morgan fingerprint density at radius 2 is 1.95 bits per heavy atom. The number of nitrogens with zero attached hydrogens (tertiary/aromatic N) is 2. The number of carboxylic acid groups (broad SMARTS) is 1. The topological polar surface area (TPSA) is 54.6 Å². The molecule has 1 aromatic carbocycles. The highest BCUT2D eigenvalue weighted by molar-refractivity contribution is 9.10. The van der Waals surface area contributed by atoms with Crippen LogP contribution in [0.5, 0.6) is 0 Å². The van der Waals surface area contributed by atoms with Crippen molar-refractivity contribution in [2.24, 2.45) is 0 Å². The molecule has 0 atom stereocenters. The molecule has 0 aliphatic rings. The normalized spacial score (nSPS) is 11.3. The summed E-state index contributed by atoms with van der Waals surface area (Å²) in [4.78, 5) is 15.4. The predicted octanol–water partition coefficient (Wildman–Crippen LogP) is 3.86. The lowest BCUT2D eigenvalue weighted by molar-refractivity contribution is -0.131. The molecule has 1 N–H and O–H groups in total. The minimum absolute atomic E-state index is 0.736. The number of imidazole rings is 1. The van der Waals surface area contributed by atoms with E-state index in [1.54, 1.807) is 6.08 Å². The number of rotatable bonds is 3. The second-order valence-electron chi connectivity index (χ2n) is 4.46. The van der Waals surface area contributed by atoms with E-state index in [2.05, 4.69) is 20.9 Å². The first-order chi connectivity index (χ1) is 10.1. The Morgan fingerprint density at radius 3 is 2.67 bits per heavy atom. The molecule has 0 saturated heterocycles. The van der Waals surface area contributed by atoms with E-state index in [1.807, 2.05) is 53.1 Å². The molecular weight excluding hydrogens is 332 g/mol. The highest BCUT2D eigenvalue weighted by atomic mass is 79.9. The fourth-order valence-corrected chi connectivity index (χ4v) is 2.49. The van der Waals surface area contributed by atoms with Gasteiger partial charge in [-0.3, -0.25) is 4.40 Å². The van der Waals surface area contributed by atoms with Gasteiger partial charge < -0.3 is 5.11 Å². The Balaban J connectivity index is 2.28. The molecule has 0 amide bonds. The second kappa shape index (κ2) is 5.54. The molecule has 0 aliphatic carbocycles. The first-order valence-corrected chi connectivity index (χ1v) is 7.08. The van der Waals surface area contributed by atoms with E-state index in [-0.39, 0.29) is 0 Å². The van der Waals surface area contributed by atoms with E-state index in [0.717, 1.165) is 33.1 Å². The average molecular weight is 343 g/mol. The van der Waals surface area contributed by atoms with Crippen LogP contribution < -0.4 is 0 Å². The van der Waals surface area contributed by atoms with Crippen LogP contribution in [-0.2, 0) is 4.79 Å². The summed E-state index contributed by atoms with van der Waals surface area (Å²) in [5.41, 5.74) is 3.20. The standard InChI is InChI=1S/C16H11BrN2O2/c17-12-6-8-14-18-16(11-4-2-1-3-5-11)13(19(14)10-12)7-9-15(20)21/h1-10H,(H,20,21). The molecule has 3 aromatic rings. The minimum Gasteiger partial charge on any atom is -0.478 e. The third-order valence-electron chi connectivity index (χ3n) is 3.05. The van der Waals surface area contributed by atoms with Gasteiger partial charge in [0.1, 0.15) is 5.65 Å². The number of hydrogen-bond acceptors (Lipinski definition) is 2. The van der Waals surface area contributed by atoms with Gasteiger partial charge in [0.25, 0.3) is 0 Å². The number of benzene rings is 1. The summed E-state index contributed by atoms with van der Waals surface area (Å²) in [7, 11) is 0. The zero-order chi connectivity index (χ0) is 14.8. The highest BCUT2D eigenvalue weighted by Crippen LogP contribution is 2.26. The molecule has 2 heterocycles. The molecule has 0 aliphatic heterocycles. The highest BCUT2D eigenvalue weighted by Gasteiger charge is 2.12. The monoisotopic (exact) mass is 342 g/mol. The molecule has 2 aromatic heterocycles. The summed E-state index contributed by atoms with van der Waals surface area (Å²) >= 11 is 3.42. The van der Waals surface area contributed by atoms with Crippen molar-refractivity contribution in [1.82, 2.24) is 9.38 Å². The van der Waals surface area contributed by atoms with Crippen molar-refractivity contribution < 1.29 is 9.90 Å². The Kier molecular flexibility index (Phi) is 3.58. The third-order valence-corrected chi connectivity index (χ3v) is 3.52. The van der Waals surface area contributed by atoms with Crippen LogP contribution in [0.15, 0.2) is 59.2 Å². The van der Waals surface area contributed by atoms with Crippen molar-refractivity contribution in [2.75, 3.05) is 0 Å². The van der Waals surface area contributed by atoms with Gasteiger partial charge in [-0.1, -0.05) is 30.3 Å². The number of aromatic nitrogens is 2. The minimum atomic E-state index is -0.987.